The molecule has 0 saturated heterocycles. The van der Waals surface area contributed by atoms with Crippen LogP contribution in [0.3, 0.4) is 0 Å². The second-order valence-electron chi connectivity index (χ2n) is 5.02. The molecule has 2 unspecified atom stereocenters. The molecule has 0 aliphatic rings. The van der Waals surface area contributed by atoms with Gasteiger partial charge in [-0.15, -0.1) is 0 Å². The maximum atomic E-state index is 11.6. The highest BCUT2D eigenvalue weighted by atomic mass is 32.2. The van der Waals surface area contributed by atoms with E-state index in [0.717, 1.165) is 12.2 Å². The zero-order valence-electron chi connectivity index (χ0n) is 11.9. The maximum absolute atomic E-state index is 11.6. The summed E-state index contributed by atoms with van der Waals surface area (Å²) in [5.41, 5.74) is 10.9. The van der Waals surface area contributed by atoms with E-state index in [2.05, 4.69) is 0 Å². The largest absolute Gasteiger partial charge is 0.378 e. The molecule has 1 aromatic carbocycles. The van der Waals surface area contributed by atoms with Gasteiger partial charge in [-0.25, -0.2) is 0 Å². The summed E-state index contributed by atoms with van der Waals surface area (Å²) in [5, 5.41) is 10.5. The number of hydrogen-bond donors (Lipinski definition) is 3. The fourth-order valence-corrected chi connectivity index (χ4v) is 2.67. The first-order valence-electron chi connectivity index (χ1n) is 6.81. The number of carbonyl (C=O) groups is 1. The summed E-state index contributed by atoms with van der Waals surface area (Å²) < 4.78 is 0. The lowest BCUT2D eigenvalue weighted by molar-refractivity contribution is -0.139. The standard InChI is InChI=1S/C15H24N2O2S/c1-20-11-9-13(16)15(19,14(17)18)10-5-8-12-6-3-2-4-7-12/h2-4,6-7,13,19H,5,8-11,16H2,1H3,(H2,17,18). The smallest absolute Gasteiger partial charge is 0.251 e. The number of amides is 1. The minimum Gasteiger partial charge on any atom is -0.378 e. The molecule has 2 atom stereocenters. The van der Waals surface area contributed by atoms with Gasteiger partial charge in [0.25, 0.3) is 5.91 Å². The molecule has 0 saturated carbocycles. The zero-order chi connectivity index (χ0) is 15.0. The van der Waals surface area contributed by atoms with E-state index in [-0.39, 0.29) is 0 Å². The van der Waals surface area contributed by atoms with Gasteiger partial charge in [0.1, 0.15) is 0 Å². The lowest BCUT2D eigenvalue weighted by Crippen LogP contribution is -2.57. The summed E-state index contributed by atoms with van der Waals surface area (Å²) in [6.45, 7) is 0. The van der Waals surface area contributed by atoms with Crippen LogP contribution in [0.5, 0.6) is 0 Å². The van der Waals surface area contributed by atoms with E-state index in [9.17, 15) is 9.90 Å². The van der Waals surface area contributed by atoms with Crippen LogP contribution in [0.15, 0.2) is 30.3 Å². The van der Waals surface area contributed by atoms with Gasteiger partial charge in [-0.3, -0.25) is 4.79 Å². The van der Waals surface area contributed by atoms with E-state index in [4.69, 9.17) is 11.5 Å². The first-order chi connectivity index (χ1) is 9.50. The van der Waals surface area contributed by atoms with Crippen molar-refractivity contribution in [3.63, 3.8) is 0 Å². The molecule has 0 fully saturated rings. The maximum Gasteiger partial charge on any atom is 0.251 e. The Morgan fingerprint density at radius 2 is 2.05 bits per heavy atom. The van der Waals surface area contributed by atoms with E-state index < -0.39 is 17.6 Å². The molecule has 1 aromatic rings. The summed E-state index contributed by atoms with van der Waals surface area (Å²) in [4.78, 5) is 11.6. The molecular formula is C15H24N2O2S. The van der Waals surface area contributed by atoms with Gasteiger partial charge in [-0.2, -0.15) is 11.8 Å². The predicted octanol–water partition coefficient (Wildman–Crippen LogP) is 1.31. The number of primary amides is 1. The van der Waals surface area contributed by atoms with Crippen LogP contribution in [-0.4, -0.2) is 34.7 Å². The Morgan fingerprint density at radius 3 is 2.60 bits per heavy atom. The summed E-state index contributed by atoms with van der Waals surface area (Å²) in [6.07, 6.45) is 4.31. The molecule has 0 heterocycles. The summed E-state index contributed by atoms with van der Waals surface area (Å²) in [7, 11) is 0. The molecule has 4 nitrogen and oxygen atoms in total. The van der Waals surface area contributed by atoms with Crippen LogP contribution >= 0.6 is 11.8 Å². The third-order valence-corrected chi connectivity index (χ3v) is 4.18. The molecule has 112 valence electrons. The van der Waals surface area contributed by atoms with Crippen LogP contribution in [0.4, 0.5) is 0 Å². The minimum absolute atomic E-state index is 0.298. The van der Waals surface area contributed by atoms with Gasteiger partial charge in [0.15, 0.2) is 5.60 Å². The van der Waals surface area contributed by atoms with Crippen LogP contribution in [-0.2, 0) is 11.2 Å². The Hall–Kier alpha value is -1.04. The van der Waals surface area contributed by atoms with E-state index in [1.165, 1.54) is 5.56 Å². The number of carbonyl (C=O) groups excluding carboxylic acids is 1. The highest BCUT2D eigenvalue weighted by Crippen LogP contribution is 2.21. The molecule has 20 heavy (non-hydrogen) atoms. The van der Waals surface area contributed by atoms with Crippen LogP contribution in [0.25, 0.3) is 0 Å². The lowest BCUT2D eigenvalue weighted by atomic mass is 9.86. The van der Waals surface area contributed by atoms with Crippen LogP contribution in [0.2, 0.25) is 0 Å². The number of thioether (sulfide) groups is 1. The average Bonchev–Trinajstić information content (AvgIpc) is 2.45. The van der Waals surface area contributed by atoms with Gasteiger partial charge in [0.2, 0.25) is 0 Å². The highest BCUT2D eigenvalue weighted by molar-refractivity contribution is 7.98. The zero-order valence-corrected chi connectivity index (χ0v) is 12.7. The van der Waals surface area contributed by atoms with Crippen molar-refractivity contribution in [1.29, 1.82) is 0 Å². The predicted molar refractivity (Wildman–Crippen MR) is 84.5 cm³/mol. The van der Waals surface area contributed by atoms with Crippen LogP contribution in [0, 0.1) is 0 Å². The molecular weight excluding hydrogens is 272 g/mol. The lowest BCUT2D eigenvalue weighted by Gasteiger charge is -2.31. The first-order valence-corrected chi connectivity index (χ1v) is 8.21. The molecule has 5 heteroatoms. The van der Waals surface area contributed by atoms with Gasteiger partial charge in [0, 0.05) is 6.04 Å². The molecule has 5 N–H and O–H groups in total. The minimum atomic E-state index is -1.61. The second-order valence-corrected chi connectivity index (χ2v) is 6.00. The van der Waals surface area contributed by atoms with Crippen molar-refractivity contribution in [2.75, 3.05) is 12.0 Å². The Labute approximate surface area is 124 Å². The summed E-state index contributed by atoms with van der Waals surface area (Å²) in [6, 6.07) is 9.35. The van der Waals surface area contributed by atoms with Gasteiger partial charge in [0.05, 0.1) is 0 Å². The second kappa shape index (κ2) is 8.29. The van der Waals surface area contributed by atoms with E-state index in [0.29, 0.717) is 19.3 Å². The van der Waals surface area contributed by atoms with Crippen molar-refractivity contribution >= 4 is 17.7 Å². The highest BCUT2D eigenvalue weighted by Gasteiger charge is 2.39. The van der Waals surface area contributed by atoms with Crippen molar-refractivity contribution < 1.29 is 9.90 Å². The molecule has 0 aromatic heterocycles. The number of nitrogens with two attached hydrogens (primary N) is 2. The van der Waals surface area contributed by atoms with Crippen molar-refractivity contribution in [2.45, 2.75) is 37.3 Å². The Balaban J connectivity index is 2.56. The molecule has 0 radical (unpaired) electrons. The third-order valence-electron chi connectivity index (χ3n) is 3.54. The van der Waals surface area contributed by atoms with Crippen LogP contribution in [0.1, 0.15) is 24.8 Å². The third kappa shape index (κ3) is 4.81. The average molecular weight is 296 g/mol. The van der Waals surface area contributed by atoms with Crippen molar-refractivity contribution in [3.8, 4) is 0 Å². The van der Waals surface area contributed by atoms with Gasteiger partial charge >= 0.3 is 0 Å². The van der Waals surface area contributed by atoms with E-state index >= 15 is 0 Å². The molecule has 1 amide bonds. The number of rotatable bonds is 9. The molecule has 0 spiro atoms. The van der Waals surface area contributed by atoms with Crippen molar-refractivity contribution in [3.05, 3.63) is 35.9 Å². The topological polar surface area (TPSA) is 89.3 Å². The SMILES string of the molecule is CSCCC(N)C(O)(CCCc1ccccc1)C(N)=O. The normalized spacial score (nSPS) is 15.6. The monoisotopic (exact) mass is 296 g/mol. The fourth-order valence-electron chi connectivity index (χ4n) is 2.18. The van der Waals surface area contributed by atoms with Crippen molar-refractivity contribution in [1.82, 2.24) is 0 Å². The summed E-state index contributed by atoms with van der Waals surface area (Å²) in [5.74, 6) is 0.0780. The van der Waals surface area contributed by atoms with Crippen LogP contribution < -0.4 is 11.5 Å². The van der Waals surface area contributed by atoms with Gasteiger partial charge < -0.3 is 16.6 Å². The van der Waals surface area contributed by atoms with Gasteiger partial charge in [-0.05, 0) is 43.3 Å². The number of aliphatic hydroxyl groups is 1. The Bertz CT molecular complexity index is 414. The first kappa shape index (κ1) is 17.0. The van der Waals surface area contributed by atoms with E-state index in [1.54, 1.807) is 11.8 Å². The Kier molecular flexibility index (Phi) is 7.05. The quantitative estimate of drug-likeness (QED) is 0.641. The number of benzene rings is 1. The van der Waals surface area contributed by atoms with E-state index in [1.807, 2.05) is 36.6 Å². The molecule has 0 aliphatic carbocycles. The molecule has 1 rings (SSSR count). The fraction of sp³-hybridized carbons (Fsp3) is 0.533. The van der Waals surface area contributed by atoms with Gasteiger partial charge in [-0.1, -0.05) is 30.3 Å². The summed E-state index contributed by atoms with van der Waals surface area (Å²) >= 11 is 1.64. The molecule has 0 aliphatic heterocycles. The molecule has 0 bridgehead atoms. The van der Waals surface area contributed by atoms with Crippen molar-refractivity contribution in [2.24, 2.45) is 11.5 Å². The number of aryl methyl sites for hydroxylation is 1. The number of hydrogen-bond acceptors (Lipinski definition) is 4. The Morgan fingerprint density at radius 1 is 1.40 bits per heavy atom.